The van der Waals surface area contributed by atoms with Crippen LogP contribution in [0.5, 0.6) is 0 Å². The molecule has 2 aromatic heterocycles. The molecule has 18 heavy (non-hydrogen) atoms. The number of imidazole rings is 1. The summed E-state index contributed by atoms with van der Waals surface area (Å²) in [4.78, 5) is 11.2. The molecule has 6 heteroatoms. The second-order valence-electron chi connectivity index (χ2n) is 3.81. The standard InChI is InChI=1S/C12H11N5.ClH/c13-11-10-12(15-7-14-10)17(8-16-11)6-9-4-2-1-3-5-9;/h1-5,7-8,13H,6H2,(H,14,15);1H. The lowest BCUT2D eigenvalue weighted by Crippen LogP contribution is -2.13. The van der Waals surface area contributed by atoms with Crippen molar-refractivity contribution >= 4 is 23.6 Å². The molecule has 0 spiro atoms. The summed E-state index contributed by atoms with van der Waals surface area (Å²) in [6.07, 6.45) is 3.24. The largest absolute Gasteiger partial charge is 0.340 e. The van der Waals surface area contributed by atoms with Gasteiger partial charge < -0.3 is 9.55 Å². The van der Waals surface area contributed by atoms with Gasteiger partial charge in [0.2, 0.25) is 0 Å². The number of hydrogen-bond donors (Lipinski definition) is 2. The molecule has 0 aliphatic rings. The molecule has 1 aromatic carbocycles. The molecule has 3 aromatic rings. The molecule has 0 radical (unpaired) electrons. The smallest absolute Gasteiger partial charge is 0.173 e. The van der Waals surface area contributed by atoms with E-state index in [1.807, 2.05) is 22.8 Å². The Kier molecular flexibility index (Phi) is 3.43. The zero-order valence-corrected chi connectivity index (χ0v) is 10.3. The number of H-pyrrole nitrogens is 1. The van der Waals surface area contributed by atoms with Gasteiger partial charge in [-0.25, -0.2) is 9.97 Å². The van der Waals surface area contributed by atoms with Crippen molar-refractivity contribution in [1.82, 2.24) is 19.5 Å². The van der Waals surface area contributed by atoms with Crippen LogP contribution in [-0.4, -0.2) is 19.5 Å². The third kappa shape index (κ3) is 2.12. The van der Waals surface area contributed by atoms with Crippen molar-refractivity contribution in [2.75, 3.05) is 0 Å². The van der Waals surface area contributed by atoms with Crippen LogP contribution in [0.4, 0.5) is 0 Å². The van der Waals surface area contributed by atoms with E-state index in [1.165, 1.54) is 5.56 Å². The van der Waals surface area contributed by atoms with Crippen LogP contribution in [0.25, 0.3) is 11.2 Å². The molecule has 0 aliphatic heterocycles. The zero-order chi connectivity index (χ0) is 11.7. The van der Waals surface area contributed by atoms with Gasteiger partial charge in [-0.15, -0.1) is 12.4 Å². The Labute approximate surface area is 109 Å². The maximum atomic E-state index is 7.66. The fourth-order valence-corrected chi connectivity index (χ4v) is 1.82. The van der Waals surface area contributed by atoms with E-state index in [-0.39, 0.29) is 17.9 Å². The fraction of sp³-hybridized carbons (Fsp3) is 0.0833. The number of rotatable bonds is 2. The van der Waals surface area contributed by atoms with E-state index in [9.17, 15) is 0 Å². The third-order valence-corrected chi connectivity index (χ3v) is 2.65. The summed E-state index contributed by atoms with van der Waals surface area (Å²) < 4.78 is 1.93. The van der Waals surface area contributed by atoms with Gasteiger partial charge in [0, 0.05) is 0 Å². The molecule has 2 heterocycles. The Morgan fingerprint density at radius 1 is 1.17 bits per heavy atom. The SMILES string of the molecule is Cl.N=c1ncn(Cc2ccccc2)c2nc[nH]c12. The number of halogens is 1. The molecule has 92 valence electrons. The highest BCUT2D eigenvalue weighted by Gasteiger charge is 2.04. The normalized spacial score (nSPS) is 10.2. The minimum absolute atomic E-state index is 0. The number of nitrogens with zero attached hydrogens (tertiary/aromatic N) is 3. The van der Waals surface area contributed by atoms with Crippen molar-refractivity contribution in [3.63, 3.8) is 0 Å². The van der Waals surface area contributed by atoms with Gasteiger partial charge in [-0.1, -0.05) is 30.3 Å². The highest BCUT2D eigenvalue weighted by molar-refractivity contribution is 5.85. The van der Waals surface area contributed by atoms with Crippen molar-refractivity contribution in [2.24, 2.45) is 0 Å². The zero-order valence-electron chi connectivity index (χ0n) is 9.50. The topological polar surface area (TPSA) is 70.3 Å². The number of aromatic nitrogens is 4. The van der Waals surface area contributed by atoms with Crippen LogP contribution < -0.4 is 5.49 Å². The second kappa shape index (κ2) is 5.01. The predicted molar refractivity (Wildman–Crippen MR) is 70.5 cm³/mol. The van der Waals surface area contributed by atoms with Crippen LogP contribution in [0.1, 0.15) is 5.56 Å². The van der Waals surface area contributed by atoms with Gasteiger partial charge >= 0.3 is 0 Å². The maximum absolute atomic E-state index is 7.66. The second-order valence-corrected chi connectivity index (χ2v) is 3.81. The summed E-state index contributed by atoms with van der Waals surface area (Å²) in [6, 6.07) is 10.1. The van der Waals surface area contributed by atoms with Crippen molar-refractivity contribution in [1.29, 1.82) is 5.41 Å². The van der Waals surface area contributed by atoms with Gasteiger partial charge in [0.05, 0.1) is 19.2 Å². The summed E-state index contributed by atoms with van der Waals surface area (Å²) in [7, 11) is 0. The predicted octanol–water partition coefficient (Wildman–Crippen LogP) is 1.71. The van der Waals surface area contributed by atoms with Crippen LogP contribution in [0.15, 0.2) is 43.0 Å². The van der Waals surface area contributed by atoms with Gasteiger partial charge in [0.1, 0.15) is 5.52 Å². The maximum Gasteiger partial charge on any atom is 0.173 e. The third-order valence-electron chi connectivity index (χ3n) is 2.65. The molecule has 0 unspecified atom stereocenters. The quantitative estimate of drug-likeness (QED) is 0.737. The van der Waals surface area contributed by atoms with E-state index in [2.05, 4.69) is 27.1 Å². The number of fused-ring (bicyclic) bond motifs is 1. The summed E-state index contributed by atoms with van der Waals surface area (Å²) in [6.45, 7) is 0.704. The average molecular weight is 262 g/mol. The van der Waals surface area contributed by atoms with Crippen LogP contribution in [0.3, 0.4) is 0 Å². The number of benzene rings is 1. The average Bonchev–Trinajstić information content (AvgIpc) is 2.84. The molecule has 5 nitrogen and oxygen atoms in total. The highest BCUT2D eigenvalue weighted by atomic mass is 35.5. The highest BCUT2D eigenvalue weighted by Crippen LogP contribution is 2.07. The van der Waals surface area contributed by atoms with Crippen molar-refractivity contribution in [3.8, 4) is 0 Å². The van der Waals surface area contributed by atoms with Gasteiger partial charge in [0.25, 0.3) is 0 Å². The minimum atomic E-state index is 0. The van der Waals surface area contributed by atoms with E-state index < -0.39 is 0 Å². The molecule has 0 amide bonds. The molecule has 0 bridgehead atoms. The Morgan fingerprint density at radius 2 is 1.94 bits per heavy atom. The minimum Gasteiger partial charge on any atom is -0.340 e. The summed E-state index contributed by atoms with van der Waals surface area (Å²) in [5.74, 6) is 0. The van der Waals surface area contributed by atoms with Crippen molar-refractivity contribution in [2.45, 2.75) is 6.54 Å². The van der Waals surface area contributed by atoms with Gasteiger partial charge in [-0.2, -0.15) is 0 Å². The Balaban J connectivity index is 0.00000120. The van der Waals surface area contributed by atoms with Gasteiger partial charge in [-0.05, 0) is 5.56 Å². The van der Waals surface area contributed by atoms with Gasteiger partial charge in [-0.3, -0.25) is 5.41 Å². The monoisotopic (exact) mass is 261 g/mol. The number of hydrogen-bond acceptors (Lipinski definition) is 3. The van der Waals surface area contributed by atoms with E-state index in [0.29, 0.717) is 12.1 Å². The van der Waals surface area contributed by atoms with Gasteiger partial charge in [0.15, 0.2) is 11.1 Å². The molecular weight excluding hydrogens is 250 g/mol. The summed E-state index contributed by atoms with van der Waals surface area (Å²) in [5, 5.41) is 7.66. The Hall–Kier alpha value is -2.14. The molecule has 0 atom stereocenters. The first-order valence-electron chi connectivity index (χ1n) is 5.31. The fourth-order valence-electron chi connectivity index (χ4n) is 1.82. The molecule has 3 rings (SSSR count). The number of nitrogens with one attached hydrogen (secondary N) is 2. The molecule has 2 N–H and O–H groups in total. The lowest BCUT2D eigenvalue weighted by Gasteiger charge is -2.06. The molecule has 0 fully saturated rings. The van der Waals surface area contributed by atoms with Crippen LogP contribution >= 0.6 is 12.4 Å². The Bertz CT molecular complexity index is 701. The van der Waals surface area contributed by atoms with E-state index in [4.69, 9.17) is 5.41 Å². The van der Waals surface area contributed by atoms with E-state index >= 15 is 0 Å². The first-order chi connectivity index (χ1) is 8.34. The first-order valence-corrected chi connectivity index (χ1v) is 5.31. The lowest BCUT2D eigenvalue weighted by molar-refractivity contribution is 0.784. The van der Waals surface area contributed by atoms with E-state index in [1.54, 1.807) is 12.7 Å². The molecule has 0 saturated carbocycles. The lowest BCUT2D eigenvalue weighted by atomic mass is 10.2. The van der Waals surface area contributed by atoms with Crippen LogP contribution in [0.2, 0.25) is 0 Å². The van der Waals surface area contributed by atoms with E-state index in [0.717, 1.165) is 5.65 Å². The van der Waals surface area contributed by atoms with Crippen LogP contribution in [0, 0.1) is 5.41 Å². The molecule has 0 aliphatic carbocycles. The first kappa shape index (κ1) is 12.3. The van der Waals surface area contributed by atoms with Crippen molar-refractivity contribution < 1.29 is 0 Å². The number of aromatic amines is 1. The van der Waals surface area contributed by atoms with Crippen molar-refractivity contribution in [3.05, 3.63) is 54.0 Å². The molecular formula is C12H12ClN5. The summed E-state index contributed by atoms with van der Waals surface area (Å²) >= 11 is 0. The van der Waals surface area contributed by atoms with Crippen LogP contribution in [-0.2, 0) is 6.54 Å². The Morgan fingerprint density at radius 3 is 2.72 bits per heavy atom. The molecule has 0 saturated heterocycles. The summed E-state index contributed by atoms with van der Waals surface area (Å²) in [5.41, 5.74) is 2.83.